The molecular formula is C15H25N5. The molecule has 2 rings (SSSR count). The first kappa shape index (κ1) is 14.8. The van der Waals surface area contributed by atoms with Crippen LogP contribution in [0.3, 0.4) is 0 Å². The molecule has 1 fully saturated rings. The predicted octanol–water partition coefficient (Wildman–Crippen LogP) is 2.12. The third-order valence-electron chi connectivity index (χ3n) is 4.18. The van der Waals surface area contributed by atoms with E-state index in [-0.39, 0.29) is 5.84 Å². The summed E-state index contributed by atoms with van der Waals surface area (Å²) in [4.78, 5) is 2.24. The summed E-state index contributed by atoms with van der Waals surface area (Å²) in [6.45, 7) is 8.39. The standard InChI is InChI=1S/C15H25N5/c1-4-11-12(5-2)18-19-15(13(11)14(16)17)20-8-6-10(3)7-9-20/h10H,4-9H2,1-3H3,(H3,16,17). The second-order valence-corrected chi connectivity index (χ2v) is 5.61. The van der Waals surface area contributed by atoms with Gasteiger partial charge in [0.15, 0.2) is 5.82 Å². The van der Waals surface area contributed by atoms with E-state index in [9.17, 15) is 0 Å². The van der Waals surface area contributed by atoms with Crippen LogP contribution in [0.15, 0.2) is 0 Å². The summed E-state index contributed by atoms with van der Waals surface area (Å²) in [6, 6.07) is 0. The molecular weight excluding hydrogens is 250 g/mol. The van der Waals surface area contributed by atoms with E-state index in [1.165, 1.54) is 0 Å². The topological polar surface area (TPSA) is 78.9 Å². The fourth-order valence-electron chi connectivity index (χ4n) is 2.89. The quantitative estimate of drug-likeness (QED) is 0.651. The van der Waals surface area contributed by atoms with Crippen LogP contribution in [0.1, 0.15) is 50.4 Å². The largest absolute Gasteiger partial charge is 0.384 e. The first-order valence-electron chi connectivity index (χ1n) is 7.56. The van der Waals surface area contributed by atoms with Gasteiger partial charge in [0, 0.05) is 13.1 Å². The molecule has 3 N–H and O–H groups in total. The van der Waals surface area contributed by atoms with E-state index in [1.54, 1.807) is 0 Å². The lowest BCUT2D eigenvalue weighted by molar-refractivity contribution is 0.435. The minimum Gasteiger partial charge on any atom is -0.384 e. The fourth-order valence-corrected chi connectivity index (χ4v) is 2.89. The molecule has 1 aromatic heterocycles. The first-order chi connectivity index (χ1) is 9.58. The number of nitrogen functional groups attached to an aromatic ring is 1. The van der Waals surface area contributed by atoms with Gasteiger partial charge in [0.1, 0.15) is 5.84 Å². The Morgan fingerprint density at radius 1 is 1.25 bits per heavy atom. The zero-order valence-corrected chi connectivity index (χ0v) is 12.7. The van der Waals surface area contributed by atoms with E-state index >= 15 is 0 Å². The monoisotopic (exact) mass is 275 g/mol. The lowest BCUT2D eigenvalue weighted by atomic mass is 9.97. The van der Waals surface area contributed by atoms with E-state index in [4.69, 9.17) is 11.1 Å². The number of hydrogen-bond acceptors (Lipinski definition) is 4. The molecule has 0 aliphatic carbocycles. The Labute approximate surface area is 121 Å². The van der Waals surface area contributed by atoms with Crippen LogP contribution in [0.4, 0.5) is 5.82 Å². The van der Waals surface area contributed by atoms with Crippen molar-refractivity contribution in [2.24, 2.45) is 11.7 Å². The van der Waals surface area contributed by atoms with E-state index in [0.717, 1.165) is 67.3 Å². The Morgan fingerprint density at radius 2 is 1.90 bits per heavy atom. The van der Waals surface area contributed by atoms with Gasteiger partial charge in [-0.3, -0.25) is 5.41 Å². The van der Waals surface area contributed by atoms with Crippen molar-refractivity contribution in [2.45, 2.75) is 46.5 Å². The van der Waals surface area contributed by atoms with Gasteiger partial charge in [-0.1, -0.05) is 20.8 Å². The van der Waals surface area contributed by atoms with E-state index in [0.29, 0.717) is 0 Å². The summed E-state index contributed by atoms with van der Waals surface area (Å²) in [5.41, 5.74) is 8.69. The van der Waals surface area contributed by atoms with Crippen molar-refractivity contribution in [1.82, 2.24) is 10.2 Å². The summed E-state index contributed by atoms with van der Waals surface area (Å²) >= 11 is 0. The molecule has 0 amide bonds. The highest BCUT2D eigenvalue weighted by molar-refractivity contribution is 6.01. The Morgan fingerprint density at radius 3 is 2.40 bits per heavy atom. The van der Waals surface area contributed by atoms with Crippen LogP contribution in [0.25, 0.3) is 0 Å². The van der Waals surface area contributed by atoms with Gasteiger partial charge >= 0.3 is 0 Å². The number of hydrogen-bond donors (Lipinski definition) is 2. The van der Waals surface area contributed by atoms with Gasteiger partial charge in [-0.05, 0) is 37.2 Å². The van der Waals surface area contributed by atoms with Gasteiger partial charge < -0.3 is 10.6 Å². The van der Waals surface area contributed by atoms with Gasteiger partial charge in [-0.25, -0.2) is 0 Å². The summed E-state index contributed by atoms with van der Waals surface area (Å²) in [5, 5.41) is 16.7. The number of amidine groups is 1. The molecule has 2 heterocycles. The second kappa shape index (κ2) is 6.20. The molecule has 5 heteroatoms. The van der Waals surface area contributed by atoms with Gasteiger partial charge in [0.25, 0.3) is 0 Å². The van der Waals surface area contributed by atoms with Crippen molar-refractivity contribution >= 4 is 11.7 Å². The number of nitrogens with two attached hydrogens (primary N) is 1. The fraction of sp³-hybridized carbons (Fsp3) is 0.667. The maximum Gasteiger partial charge on any atom is 0.162 e. The van der Waals surface area contributed by atoms with Crippen molar-refractivity contribution in [1.29, 1.82) is 5.41 Å². The number of aryl methyl sites for hydroxylation is 1. The van der Waals surface area contributed by atoms with Crippen LogP contribution in [0.2, 0.25) is 0 Å². The van der Waals surface area contributed by atoms with Crippen LogP contribution in [-0.2, 0) is 12.8 Å². The third-order valence-corrected chi connectivity index (χ3v) is 4.18. The van der Waals surface area contributed by atoms with Crippen LogP contribution in [0.5, 0.6) is 0 Å². The molecule has 0 atom stereocenters. The molecule has 1 aliphatic rings. The van der Waals surface area contributed by atoms with Crippen LogP contribution < -0.4 is 10.6 Å². The molecule has 0 radical (unpaired) electrons. The van der Waals surface area contributed by atoms with Crippen molar-refractivity contribution in [2.75, 3.05) is 18.0 Å². The number of piperidine rings is 1. The van der Waals surface area contributed by atoms with E-state index in [1.807, 2.05) is 0 Å². The molecule has 0 unspecified atom stereocenters. The Balaban J connectivity index is 2.44. The van der Waals surface area contributed by atoms with Crippen LogP contribution >= 0.6 is 0 Å². The normalized spacial score (nSPS) is 16.4. The average Bonchev–Trinajstić information content (AvgIpc) is 2.46. The molecule has 1 aromatic rings. The Hall–Kier alpha value is -1.65. The zero-order valence-electron chi connectivity index (χ0n) is 12.7. The molecule has 0 saturated carbocycles. The number of nitrogens with one attached hydrogen (secondary N) is 1. The lowest BCUT2D eigenvalue weighted by Crippen LogP contribution is -2.36. The minimum atomic E-state index is 0.111. The van der Waals surface area contributed by atoms with Gasteiger partial charge in [-0.15, -0.1) is 5.10 Å². The summed E-state index contributed by atoms with van der Waals surface area (Å²) in [5.74, 6) is 1.68. The van der Waals surface area contributed by atoms with Crippen molar-refractivity contribution in [3.05, 3.63) is 16.8 Å². The predicted molar refractivity (Wildman–Crippen MR) is 82.4 cm³/mol. The number of anilines is 1. The molecule has 0 aromatic carbocycles. The average molecular weight is 275 g/mol. The highest BCUT2D eigenvalue weighted by atomic mass is 15.3. The molecule has 1 aliphatic heterocycles. The molecule has 5 nitrogen and oxygen atoms in total. The van der Waals surface area contributed by atoms with Gasteiger partial charge in [0.2, 0.25) is 0 Å². The first-order valence-corrected chi connectivity index (χ1v) is 7.56. The summed E-state index contributed by atoms with van der Waals surface area (Å²) < 4.78 is 0. The Bertz CT molecular complexity index is 489. The maximum atomic E-state index is 7.93. The smallest absolute Gasteiger partial charge is 0.162 e. The lowest BCUT2D eigenvalue weighted by Gasteiger charge is -2.32. The van der Waals surface area contributed by atoms with Gasteiger partial charge in [-0.2, -0.15) is 5.10 Å². The number of rotatable bonds is 4. The second-order valence-electron chi connectivity index (χ2n) is 5.61. The van der Waals surface area contributed by atoms with Crippen molar-refractivity contribution < 1.29 is 0 Å². The molecule has 0 bridgehead atoms. The highest BCUT2D eigenvalue weighted by Crippen LogP contribution is 2.27. The molecule has 110 valence electrons. The van der Waals surface area contributed by atoms with E-state index < -0.39 is 0 Å². The van der Waals surface area contributed by atoms with Crippen molar-refractivity contribution in [3.8, 4) is 0 Å². The summed E-state index contributed by atoms with van der Waals surface area (Å²) in [7, 11) is 0. The number of nitrogens with zero attached hydrogens (tertiary/aromatic N) is 3. The molecule has 1 saturated heterocycles. The SMILES string of the molecule is CCc1nnc(N2CCC(C)CC2)c(C(=N)N)c1CC. The highest BCUT2D eigenvalue weighted by Gasteiger charge is 2.24. The zero-order chi connectivity index (χ0) is 14.7. The molecule has 20 heavy (non-hydrogen) atoms. The van der Waals surface area contributed by atoms with Crippen LogP contribution in [0, 0.1) is 11.3 Å². The van der Waals surface area contributed by atoms with Gasteiger partial charge in [0.05, 0.1) is 11.3 Å². The third kappa shape index (κ3) is 2.76. The Kier molecular flexibility index (Phi) is 4.57. The molecule has 0 spiro atoms. The van der Waals surface area contributed by atoms with E-state index in [2.05, 4.69) is 35.9 Å². The maximum absolute atomic E-state index is 7.93. The van der Waals surface area contributed by atoms with Crippen LogP contribution in [-0.4, -0.2) is 29.1 Å². The minimum absolute atomic E-state index is 0.111. The number of aromatic nitrogens is 2. The van der Waals surface area contributed by atoms with Crippen molar-refractivity contribution in [3.63, 3.8) is 0 Å². The summed E-state index contributed by atoms with van der Waals surface area (Å²) in [6.07, 6.45) is 3.99.